The van der Waals surface area contributed by atoms with Crippen molar-refractivity contribution in [3.8, 4) is 23.3 Å². The minimum absolute atomic E-state index is 0.172. The Morgan fingerprint density at radius 1 is 1.21 bits per heavy atom. The molecule has 1 unspecified atom stereocenters. The van der Waals surface area contributed by atoms with Crippen LogP contribution in [0.1, 0.15) is 49.1 Å². The molecular weight excluding hydrogens is 519 g/mol. The highest BCUT2D eigenvalue weighted by Gasteiger charge is 2.33. The number of hydrogen-bond donors (Lipinski definition) is 1. The Hall–Kier alpha value is -3.57. The van der Waals surface area contributed by atoms with E-state index in [0.29, 0.717) is 45.7 Å². The lowest BCUT2D eigenvalue weighted by Crippen LogP contribution is -2.50. The second-order valence-electron chi connectivity index (χ2n) is 10.0. The smallest absolute Gasteiger partial charge is 0.176 e. The number of benzene rings is 3. The van der Waals surface area contributed by atoms with Gasteiger partial charge in [-0.15, -0.1) is 0 Å². The molecule has 2 aliphatic heterocycles. The number of fused-ring (bicyclic) bond motifs is 1. The molecular formula is C31H30ClFN2O4. The zero-order chi connectivity index (χ0) is 27.7. The summed E-state index contributed by atoms with van der Waals surface area (Å²) < 4.78 is 33.1. The van der Waals surface area contributed by atoms with Crippen molar-refractivity contribution in [3.63, 3.8) is 0 Å². The van der Waals surface area contributed by atoms with E-state index in [9.17, 15) is 10.4 Å². The molecule has 3 atom stereocenters. The number of rotatable bonds is 6. The molecule has 3 aromatic carbocycles. The average molecular weight is 549 g/mol. The largest absolute Gasteiger partial charge is 0.505 e. The van der Waals surface area contributed by atoms with Gasteiger partial charge in [-0.1, -0.05) is 23.7 Å². The van der Waals surface area contributed by atoms with E-state index < -0.39 is 17.7 Å². The summed E-state index contributed by atoms with van der Waals surface area (Å²) in [6.07, 6.45) is -0.630. The minimum atomic E-state index is -0.763. The van der Waals surface area contributed by atoms with Gasteiger partial charge in [0.25, 0.3) is 0 Å². The van der Waals surface area contributed by atoms with E-state index in [1.165, 1.54) is 6.07 Å². The van der Waals surface area contributed by atoms with E-state index in [2.05, 4.69) is 24.8 Å². The zero-order valence-corrected chi connectivity index (χ0v) is 22.8. The second-order valence-corrected chi connectivity index (χ2v) is 10.4. The Labute approximate surface area is 232 Å². The summed E-state index contributed by atoms with van der Waals surface area (Å²) in [7, 11) is 0. The molecule has 1 N–H and O–H groups in total. The van der Waals surface area contributed by atoms with Gasteiger partial charge in [-0.05, 0) is 74.4 Å². The number of hydrogen-bond acceptors (Lipinski definition) is 6. The van der Waals surface area contributed by atoms with Gasteiger partial charge >= 0.3 is 0 Å². The van der Waals surface area contributed by atoms with Gasteiger partial charge in [0.15, 0.2) is 11.6 Å². The van der Waals surface area contributed by atoms with Gasteiger partial charge in [-0.3, -0.25) is 4.90 Å². The van der Waals surface area contributed by atoms with Crippen LogP contribution < -0.4 is 9.47 Å². The number of allylic oxidation sites excluding steroid dienone is 1. The summed E-state index contributed by atoms with van der Waals surface area (Å²) in [6, 6.07) is 18.1. The topological polar surface area (TPSA) is 75.0 Å². The highest BCUT2D eigenvalue weighted by molar-refractivity contribution is 6.32. The van der Waals surface area contributed by atoms with Crippen molar-refractivity contribution in [2.45, 2.75) is 39.0 Å². The predicted octanol–water partition coefficient (Wildman–Crippen LogP) is 6.61. The fraction of sp³-hybridized carbons (Fsp3) is 0.323. The first-order chi connectivity index (χ1) is 18.8. The second kappa shape index (κ2) is 11.3. The maximum absolute atomic E-state index is 15.1. The number of phenolic OH excluding ortho intramolecular Hbond substituents is 1. The van der Waals surface area contributed by atoms with E-state index in [4.69, 9.17) is 25.8 Å². The Morgan fingerprint density at radius 2 is 1.97 bits per heavy atom. The number of ether oxygens (including phenoxy) is 3. The van der Waals surface area contributed by atoms with E-state index in [0.717, 1.165) is 31.1 Å². The molecule has 1 saturated heterocycles. The number of nitrogens with zero attached hydrogens (tertiary/aromatic N) is 2. The summed E-state index contributed by atoms with van der Waals surface area (Å²) in [4.78, 5) is 2.39. The van der Waals surface area contributed by atoms with E-state index >= 15 is 4.39 Å². The highest BCUT2D eigenvalue weighted by Crippen LogP contribution is 2.50. The maximum Gasteiger partial charge on any atom is 0.176 e. The molecule has 1 fully saturated rings. The van der Waals surface area contributed by atoms with Gasteiger partial charge in [-0.2, -0.15) is 5.26 Å². The van der Waals surface area contributed by atoms with Crippen molar-refractivity contribution in [1.29, 1.82) is 5.26 Å². The Kier molecular flexibility index (Phi) is 7.81. The predicted molar refractivity (Wildman–Crippen MR) is 148 cm³/mol. The van der Waals surface area contributed by atoms with Crippen molar-refractivity contribution in [1.82, 2.24) is 4.90 Å². The van der Waals surface area contributed by atoms with Crippen LogP contribution in [0.25, 0.3) is 11.1 Å². The summed E-state index contributed by atoms with van der Waals surface area (Å²) >= 11 is 6.60. The van der Waals surface area contributed by atoms with Gasteiger partial charge in [0, 0.05) is 34.8 Å². The number of morpholine rings is 1. The summed E-state index contributed by atoms with van der Waals surface area (Å²) in [5.74, 6) is -0.183. The zero-order valence-electron chi connectivity index (χ0n) is 22.1. The average Bonchev–Trinajstić information content (AvgIpc) is 2.94. The Balaban J connectivity index is 1.47. The Bertz CT molecular complexity index is 1450. The lowest BCUT2D eigenvalue weighted by Gasteiger charge is -2.37. The molecule has 39 heavy (non-hydrogen) atoms. The third kappa shape index (κ3) is 5.33. The Morgan fingerprint density at radius 3 is 2.69 bits per heavy atom. The fourth-order valence-electron chi connectivity index (χ4n) is 5.34. The van der Waals surface area contributed by atoms with E-state index in [1.807, 2.05) is 24.3 Å². The van der Waals surface area contributed by atoms with Gasteiger partial charge in [-0.25, -0.2) is 4.39 Å². The van der Waals surface area contributed by atoms with Crippen LogP contribution in [0.15, 0.2) is 54.6 Å². The van der Waals surface area contributed by atoms with Crippen LogP contribution in [0.4, 0.5) is 4.39 Å². The van der Waals surface area contributed by atoms with Gasteiger partial charge in [0.05, 0.1) is 30.4 Å². The molecule has 5 rings (SSSR count). The normalized spacial score (nSPS) is 20.1. The molecule has 0 spiro atoms. The van der Waals surface area contributed by atoms with E-state index in [-0.39, 0.29) is 11.6 Å². The molecule has 2 heterocycles. The fourth-order valence-corrected chi connectivity index (χ4v) is 5.56. The number of halogens is 2. The van der Waals surface area contributed by atoms with Crippen molar-refractivity contribution in [2.75, 3.05) is 26.4 Å². The van der Waals surface area contributed by atoms with Crippen molar-refractivity contribution in [2.24, 2.45) is 0 Å². The first-order valence-electron chi connectivity index (χ1n) is 12.9. The van der Waals surface area contributed by atoms with Crippen molar-refractivity contribution >= 4 is 22.7 Å². The summed E-state index contributed by atoms with van der Waals surface area (Å²) in [6.45, 7) is 8.96. The lowest BCUT2D eigenvalue weighted by molar-refractivity contribution is -0.0266. The number of nitriles is 1. The molecule has 0 radical (unpaired) electrons. The van der Waals surface area contributed by atoms with Crippen molar-refractivity contribution in [3.05, 3.63) is 87.7 Å². The quantitative estimate of drug-likeness (QED) is 0.373. The minimum Gasteiger partial charge on any atom is -0.505 e. The van der Waals surface area contributed by atoms with Crippen LogP contribution in [-0.2, 0) is 4.74 Å². The lowest BCUT2D eigenvalue weighted by atomic mass is 9.85. The van der Waals surface area contributed by atoms with Crippen LogP contribution in [0.3, 0.4) is 0 Å². The summed E-state index contributed by atoms with van der Waals surface area (Å²) in [5, 5.41) is 20.0. The monoisotopic (exact) mass is 548 g/mol. The van der Waals surface area contributed by atoms with Gasteiger partial charge in [0.2, 0.25) is 0 Å². The third-order valence-electron chi connectivity index (χ3n) is 7.41. The molecule has 0 saturated carbocycles. The molecule has 0 aliphatic carbocycles. The van der Waals surface area contributed by atoms with Crippen LogP contribution >= 0.6 is 11.6 Å². The van der Waals surface area contributed by atoms with Crippen LogP contribution in [0, 0.1) is 17.1 Å². The molecule has 3 aromatic rings. The molecule has 8 heteroatoms. The SMILES string of the molecule is CC1=C(c2cc(C#N)ccc2Cl)C(c2ccc(OC[C@H](C)N3CCOC[C@H]3C)cc2)Oc2ccc(O)c(F)c21. The summed E-state index contributed by atoms with van der Waals surface area (Å²) in [5.41, 5.74) is 3.16. The van der Waals surface area contributed by atoms with Crippen LogP contribution in [-0.4, -0.2) is 48.5 Å². The first kappa shape index (κ1) is 27.0. The van der Waals surface area contributed by atoms with Gasteiger partial charge < -0.3 is 19.3 Å². The maximum atomic E-state index is 15.1. The first-order valence-corrected chi connectivity index (χ1v) is 13.3. The highest BCUT2D eigenvalue weighted by atomic mass is 35.5. The number of aromatic hydroxyl groups is 1. The molecule has 0 aromatic heterocycles. The van der Waals surface area contributed by atoms with E-state index in [1.54, 1.807) is 31.2 Å². The third-order valence-corrected chi connectivity index (χ3v) is 7.74. The number of phenols is 1. The van der Waals surface area contributed by atoms with Crippen LogP contribution in [0.5, 0.6) is 17.2 Å². The molecule has 0 amide bonds. The van der Waals surface area contributed by atoms with Gasteiger partial charge in [0.1, 0.15) is 24.2 Å². The van der Waals surface area contributed by atoms with Crippen molar-refractivity contribution < 1.29 is 23.7 Å². The molecule has 202 valence electrons. The van der Waals surface area contributed by atoms with Crippen LogP contribution in [0.2, 0.25) is 5.02 Å². The molecule has 6 nitrogen and oxygen atoms in total. The molecule has 2 aliphatic rings. The molecule has 0 bridgehead atoms. The standard InChI is InChI=1S/C31H30ClFN2O4/c1-18-16-37-13-12-35(18)19(2)17-38-23-7-5-22(6-8-23)31-28(24-14-21(15-34)4-9-25(24)32)20(3)29-27(39-31)11-10-26(36)30(29)33/h4-11,14,18-19,31,36H,12-13,16-17H2,1-3H3/t18-,19+,31?/m1/s1.